The van der Waals surface area contributed by atoms with Crippen molar-refractivity contribution in [3.05, 3.63) is 97.9 Å². The first kappa shape index (κ1) is 24.9. The molecule has 0 bridgehead atoms. The molecular weight excluding hydrogens is 509 g/mol. The fourth-order valence-corrected chi connectivity index (χ4v) is 4.68. The number of halogens is 2. The van der Waals surface area contributed by atoms with Crippen LogP contribution >= 0.6 is 35.0 Å². The molecule has 1 fully saturated rings. The summed E-state index contributed by atoms with van der Waals surface area (Å²) in [5.74, 6) is -0.738. The normalized spacial score (nSPS) is 14.5. The number of aryl methyl sites for hydroxylation is 1. The third-order valence-electron chi connectivity index (χ3n) is 5.13. The summed E-state index contributed by atoms with van der Waals surface area (Å²) >= 11 is 13.2. The van der Waals surface area contributed by atoms with Crippen molar-refractivity contribution in [2.75, 3.05) is 7.11 Å². The van der Waals surface area contributed by atoms with Gasteiger partial charge in [-0.25, -0.2) is 4.79 Å². The van der Waals surface area contributed by atoms with Crippen LogP contribution in [-0.4, -0.2) is 29.1 Å². The predicted octanol–water partition coefficient (Wildman–Crippen LogP) is 6.77. The minimum absolute atomic E-state index is 0.0611. The highest BCUT2D eigenvalue weighted by atomic mass is 35.5. The molecule has 3 aromatic carbocycles. The molecule has 0 aromatic heterocycles. The molecule has 0 N–H and O–H groups in total. The highest BCUT2D eigenvalue weighted by Gasteiger charge is 2.35. The zero-order valence-electron chi connectivity index (χ0n) is 18.7. The van der Waals surface area contributed by atoms with E-state index in [9.17, 15) is 14.4 Å². The number of hydrogen-bond donors (Lipinski definition) is 0. The van der Waals surface area contributed by atoms with E-state index < -0.39 is 11.9 Å². The number of benzene rings is 3. The van der Waals surface area contributed by atoms with E-state index >= 15 is 0 Å². The summed E-state index contributed by atoms with van der Waals surface area (Å²) in [6.07, 6.45) is 1.54. The Labute approximate surface area is 216 Å². The number of ether oxygens (including phenoxy) is 2. The van der Waals surface area contributed by atoms with Gasteiger partial charge in [-0.1, -0.05) is 53.0 Å². The Kier molecular flexibility index (Phi) is 7.50. The highest BCUT2D eigenvalue weighted by Crippen LogP contribution is 2.39. The topological polar surface area (TPSA) is 72.9 Å². The smallest absolute Gasteiger partial charge is 0.343 e. The molecule has 178 valence electrons. The van der Waals surface area contributed by atoms with Crippen molar-refractivity contribution in [1.29, 1.82) is 0 Å². The van der Waals surface area contributed by atoms with Crippen LogP contribution in [0.4, 0.5) is 4.79 Å². The molecule has 1 aliphatic heterocycles. The quantitative estimate of drug-likeness (QED) is 0.200. The second-order valence-corrected chi connectivity index (χ2v) is 9.52. The van der Waals surface area contributed by atoms with E-state index in [1.54, 1.807) is 60.7 Å². The summed E-state index contributed by atoms with van der Waals surface area (Å²) in [5.41, 5.74) is 2.63. The average Bonchev–Trinajstić information content (AvgIpc) is 3.08. The first-order valence-electron chi connectivity index (χ1n) is 10.4. The van der Waals surface area contributed by atoms with Gasteiger partial charge in [0.25, 0.3) is 11.1 Å². The SMILES string of the molecule is COc1cc(/C=C2\SC(=O)N(Cc3cccc(Cl)c3)C2=O)cc(Cl)c1OC(=O)c1ccc(C)cc1. The fourth-order valence-electron chi connectivity index (χ4n) is 3.37. The minimum atomic E-state index is -0.583. The maximum Gasteiger partial charge on any atom is 0.343 e. The number of methoxy groups -OCH3 is 1. The van der Waals surface area contributed by atoms with Crippen LogP contribution in [0.5, 0.6) is 11.5 Å². The van der Waals surface area contributed by atoms with E-state index in [1.807, 2.05) is 6.92 Å². The number of hydrogen-bond acceptors (Lipinski definition) is 6. The van der Waals surface area contributed by atoms with Crippen LogP contribution in [0.1, 0.15) is 27.0 Å². The van der Waals surface area contributed by atoms with Crippen molar-refractivity contribution < 1.29 is 23.9 Å². The van der Waals surface area contributed by atoms with Crippen LogP contribution in [0.3, 0.4) is 0 Å². The molecule has 1 heterocycles. The largest absolute Gasteiger partial charge is 0.493 e. The Hall–Kier alpha value is -3.26. The molecule has 0 atom stereocenters. The predicted molar refractivity (Wildman–Crippen MR) is 137 cm³/mol. The van der Waals surface area contributed by atoms with Crippen LogP contribution in [0.25, 0.3) is 6.08 Å². The first-order chi connectivity index (χ1) is 16.7. The lowest BCUT2D eigenvalue weighted by Gasteiger charge is -2.13. The van der Waals surface area contributed by atoms with Gasteiger partial charge in [0.15, 0.2) is 11.5 Å². The second kappa shape index (κ2) is 10.6. The first-order valence-corrected chi connectivity index (χ1v) is 12.0. The maximum atomic E-state index is 12.9. The number of nitrogens with zero attached hydrogens (tertiary/aromatic N) is 1. The summed E-state index contributed by atoms with van der Waals surface area (Å²) in [7, 11) is 1.41. The number of imide groups is 1. The molecule has 35 heavy (non-hydrogen) atoms. The Bertz CT molecular complexity index is 1350. The third-order valence-corrected chi connectivity index (χ3v) is 6.56. The molecule has 0 spiro atoms. The summed E-state index contributed by atoms with van der Waals surface area (Å²) in [6.45, 7) is 2.03. The van der Waals surface area contributed by atoms with Crippen molar-refractivity contribution in [3.8, 4) is 11.5 Å². The monoisotopic (exact) mass is 527 g/mol. The van der Waals surface area contributed by atoms with E-state index in [-0.39, 0.29) is 33.2 Å². The van der Waals surface area contributed by atoms with E-state index in [2.05, 4.69) is 0 Å². The second-order valence-electron chi connectivity index (χ2n) is 7.69. The summed E-state index contributed by atoms with van der Waals surface area (Å²) < 4.78 is 10.9. The Morgan fingerprint density at radius 3 is 2.49 bits per heavy atom. The van der Waals surface area contributed by atoms with Crippen molar-refractivity contribution in [3.63, 3.8) is 0 Å². The molecule has 0 saturated carbocycles. The number of carbonyl (C=O) groups is 3. The maximum absolute atomic E-state index is 12.9. The van der Waals surface area contributed by atoms with Crippen molar-refractivity contribution in [2.24, 2.45) is 0 Å². The lowest BCUT2D eigenvalue weighted by molar-refractivity contribution is -0.123. The molecule has 3 aromatic rings. The Morgan fingerprint density at radius 2 is 1.80 bits per heavy atom. The molecular formula is C26H19Cl2NO5S. The van der Waals surface area contributed by atoms with Crippen molar-refractivity contribution in [1.82, 2.24) is 4.90 Å². The number of esters is 1. The number of carbonyl (C=O) groups excluding carboxylic acids is 3. The Morgan fingerprint density at radius 1 is 1.06 bits per heavy atom. The zero-order valence-corrected chi connectivity index (χ0v) is 21.0. The van der Waals surface area contributed by atoms with Gasteiger partial charge in [0.05, 0.1) is 29.1 Å². The molecule has 9 heteroatoms. The Balaban J connectivity index is 1.56. The molecule has 0 unspecified atom stereocenters. The van der Waals surface area contributed by atoms with Crippen LogP contribution in [0.15, 0.2) is 65.6 Å². The van der Waals surface area contributed by atoms with Gasteiger partial charge < -0.3 is 9.47 Å². The number of amides is 2. The molecule has 4 rings (SSSR count). The van der Waals surface area contributed by atoms with E-state index in [1.165, 1.54) is 13.2 Å². The highest BCUT2D eigenvalue weighted by molar-refractivity contribution is 8.18. The van der Waals surface area contributed by atoms with Crippen LogP contribution < -0.4 is 9.47 Å². The molecule has 1 saturated heterocycles. The lowest BCUT2D eigenvalue weighted by atomic mass is 10.1. The van der Waals surface area contributed by atoms with Gasteiger partial charge >= 0.3 is 5.97 Å². The number of thioether (sulfide) groups is 1. The van der Waals surface area contributed by atoms with Gasteiger partial charge in [-0.05, 0) is 72.3 Å². The summed E-state index contributed by atoms with van der Waals surface area (Å²) in [4.78, 5) is 39.3. The molecule has 6 nitrogen and oxygen atoms in total. The molecule has 2 amide bonds. The van der Waals surface area contributed by atoms with Gasteiger partial charge in [0.2, 0.25) is 0 Å². The molecule has 0 aliphatic carbocycles. The van der Waals surface area contributed by atoms with Gasteiger partial charge in [-0.2, -0.15) is 0 Å². The van der Waals surface area contributed by atoms with Crippen LogP contribution in [-0.2, 0) is 11.3 Å². The van der Waals surface area contributed by atoms with Gasteiger partial charge in [-0.3, -0.25) is 14.5 Å². The molecule has 0 radical (unpaired) electrons. The van der Waals surface area contributed by atoms with Gasteiger partial charge in [-0.15, -0.1) is 0 Å². The van der Waals surface area contributed by atoms with Crippen LogP contribution in [0.2, 0.25) is 10.0 Å². The third kappa shape index (κ3) is 5.70. The van der Waals surface area contributed by atoms with Crippen molar-refractivity contribution >= 4 is 58.2 Å². The minimum Gasteiger partial charge on any atom is -0.493 e. The molecule has 1 aliphatic rings. The summed E-state index contributed by atoms with van der Waals surface area (Å²) in [5, 5.41) is 0.257. The standard InChI is InChI=1S/C26H19Cl2NO5S/c1-15-6-8-18(9-7-15)25(31)34-23-20(28)11-17(12-21(23)33-2)13-22-24(30)29(26(32)35-22)14-16-4-3-5-19(27)10-16/h3-13H,14H2,1-2H3/b22-13-. The fraction of sp³-hybridized carbons (Fsp3) is 0.115. The zero-order chi connectivity index (χ0) is 25.1. The van der Waals surface area contributed by atoms with E-state index in [4.69, 9.17) is 32.7 Å². The van der Waals surface area contributed by atoms with Crippen molar-refractivity contribution in [2.45, 2.75) is 13.5 Å². The van der Waals surface area contributed by atoms with Gasteiger partial charge in [0.1, 0.15) is 0 Å². The lowest BCUT2D eigenvalue weighted by Crippen LogP contribution is -2.27. The van der Waals surface area contributed by atoms with E-state index in [0.29, 0.717) is 16.1 Å². The van der Waals surface area contributed by atoms with Crippen LogP contribution in [0, 0.1) is 6.92 Å². The average molecular weight is 528 g/mol. The van der Waals surface area contributed by atoms with E-state index in [0.717, 1.165) is 27.8 Å². The number of rotatable bonds is 6. The summed E-state index contributed by atoms with van der Waals surface area (Å²) in [6, 6.07) is 17.0. The van der Waals surface area contributed by atoms with Gasteiger partial charge in [0, 0.05) is 5.02 Å².